The smallest absolute Gasteiger partial charge is 0.323 e. The van der Waals surface area contributed by atoms with Crippen LogP contribution in [0.25, 0.3) is 10.9 Å². The summed E-state index contributed by atoms with van der Waals surface area (Å²) in [4.78, 5) is 19.0. The minimum atomic E-state index is -0.480. The minimum Gasteiger partial charge on any atom is -0.468 e. The first-order chi connectivity index (χ1) is 17.6. The van der Waals surface area contributed by atoms with Crippen LogP contribution in [-0.4, -0.2) is 35.0 Å². The van der Waals surface area contributed by atoms with Gasteiger partial charge in [-0.2, -0.15) is 0 Å². The van der Waals surface area contributed by atoms with Crippen LogP contribution in [0.1, 0.15) is 47.3 Å². The number of piperidine rings is 1. The molecular formula is C30H30FN3O2. The zero-order valence-corrected chi connectivity index (χ0v) is 20.3. The number of hydrogen-bond donors (Lipinski definition) is 2. The Morgan fingerprint density at radius 1 is 1.00 bits per heavy atom. The second-order valence-electron chi connectivity index (χ2n) is 9.84. The third-order valence-corrected chi connectivity index (χ3v) is 7.85. The average molecular weight is 484 g/mol. The molecule has 3 heterocycles. The van der Waals surface area contributed by atoms with E-state index in [0.717, 1.165) is 29.6 Å². The number of benzene rings is 3. The van der Waals surface area contributed by atoms with Crippen molar-refractivity contribution in [3.8, 4) is 0 Å². The number of aromatic nitrogens is 1. The van der Waals surface area contributed by atoms with Crippen LogP contribution in [0.5, 0.6) is 0 Å². The van der Waals surface area contributed by atoms with Crippen molar-refractivity contribution in [3.63, 3.8) is 0 Å². The Bertz CT molecular complexity index is 1390. The fourth-order valence-electron chi connectivity index (χ4n) is 6.22. The van der Waals surface area contributed by atoms with E-state index in [1.54, 1.807) is 6.07 Å². The predicted octanol–water partition coefficient (Wildman–Crippen LogP) is 5.44. The highest BCUT2D eigenvalue weighted by Crippen LogP contribution is 2.49. The normalized spacial score (nSPS) is 23.7. The Hall–Kier alpha value is -3.48. The van der Waals surface area contributed by atoms with Gasteiger partial charge in [0.2, 0.25) is 0 Å². The number of carbonyl (C=O) groups excluding carboxylic acids is 1. The Morgan fingerprint density at radius 2 is 1.72 bits per heavy atom. The number of fused-ring (bicyclic) bond motifs is 5. The molecule has 0 amide bonds. The average Bonchev–Trinajstić information content (AvgIpc) is 3.30. The van der Waals surface area contributed by atoms with E-state index in [2.05, 4.69) is 39.5 Å². The van der Waals surface area contributed by atoms with E-state index in [1.165, 1.54) is 24.3 Å². The van der Waals surface area contributed by atoms with Gasteiger partial charge in [-0.3, -0.25) is 9.69 Å². The molecule has 1 fully saturated rings. The van der Waals surface area contributed by atoms with Crippen LogP contribution in [0.3, 0.4) is 0 Å². The van der Waals surface area contributed by atoms with Gasteiger partial charge in [0.05, 0.1) is 13.2 Å². The number of esters is 1. The summed E-state index contributed by atoms with van der Waals surface area (Å²) in [7, 11) is 1.44. The summed E-state index contributed by atoms with van der Waals surface area (Å²) >= 11 is 0. The number of methoxy groups -OCH3 is 1. The number of H-pyrrole nitrogens is 1. The molecule has 6 rings (SSSR count). The molecule has 1 aromatic heterocycles. The van der Waals surface area contributed by atoms with Crippen LogP contribution in [0, 0.1) is 5.82 Å². The van der Waals surface area contributed by atoms with E-state index in [-0.39, 0.29) is 29.9 Å². The maximum Gasteiger partial charge on any atom is 0.323 e. The van der Waals surface area contributed by atoms with Crippen LogP contribution >= 0.6 is 0 Å². The number of para-hydroxylation sites is 1. The number of nitrogens with zero attached hydrogens (tertiary/aromatic N) is 1. The zero-order chi connectivity index (χ0) is 24.6. The maximum absolute atomic E-state index is 15.2. The second kappa shape index (κ2) is 9.52. The van der Waals surface area contributed by atoms with E-state index < -0.39 is 6.04 Å². The molecule has 2 aliphatic heterocycles. The van der Waals surface area contributed by atoms with Gasteiger partial charge in [-0.05, 0) is 36.1 Å². The molecule has 3 aromatic carbocycles. The summed E-state index contributed by atoms with van der Waals surface area (Å²) in [6.07, 6.45) is 2.05. The van der Waals surface area contributed by atoms with Gasteiger partial charge in [-0.15, -0.1) is 0 Å². The quantitative estimate of drug-likeness (QED) is 0.371. The highest BCUT2D eigenvalue weighted by atomic mass is 19.1. The van der Waals surface area contributed by atoms with Gasteiger partial charge in [0.25, 0.3) is 0 Å². The highest BCUT2D eigenvalue weighted by Gasteiger charge is 2.48. The lowest BCUT2D eigenvalue weighted by Crippen LogP contribution is -2.55. The van der Waals surface area contributed by atoms with Gasteiger partial charge in [-0.1, -0.05) is 66.7 Å². The summed E-state index contributed by atoms with van der Waals surface area (Å²) in [5, 5.41) is 4.88. The van der Waals surface area contributed by atoms with E-state index in [4.69, 9.17) is 4.74 Å². The van der Waals surface area contributed by atoms with Crippen molar-refractivity contribution >= 4 is 16.9 Å². The second-order valence-corrected chi connectivity index (χ2v) is 9.84. The van der Waals surface area contributed by atoms with Crippen LogP contribution in [0.15, 0.2) is 78.9 Å². The molecule has 0 aliphatic carbocycles. The lowest BCUT2D eigenvalue weighted by Gasteiger charge is -2.50. The molecule has 4 aromatic rings. The van der Waals surface area contributed by atoms with Gasteiger partial charge in [0.15, 0.2) is 0 Å². The van der Waals surface area contributed by atoms with Gasteiger partial charge < -0.3 is 15.0 Å². The topological polar surface area (TPSA) is 57.4 Å². The molecule has 0 unspecified atom stereocenters. The van der Waals surface area contributed by atoms with Gasteiger partial charge in [-0.25, -0.2) is 4.39 Å². The summed E-state index contributed by atoms with van der Waals surface area (Å²) in [5.74, 6) is -0.510. The number of hydrogen-bond acceptors (Lipinski definition) is 4. The molecule has 1 saturated heterocycles. The van der Waals surface area contributed by atoms with E-state index >= 15 is 4.39 Å². The first-order valence-corrected chi connectivity index (χ1v) is 12.6. The Balaban J connectivity index is 1.44. The van der Waals surface area contributed by atoms with Gasteiger partial charge in [0, 0.05) is 47.2 Å². The summed E-state index contributed by atoms with van der Waals surface area (Å²) in [6.45, 7) is 0.738. The molecule has 6 heteroatoms. The molecule has 2 aliphatic rings. The first kappa shape index (κ1) is 23.0. The summed E-state index contributed by atoms with van der Waals surface area (Å²) < 4.78 is 20.5. The molecule has 5 nitrogen and oxygen atoms in total. The maximum atomic E-state index is 15.2. The molecular weight excluding hydrogens is 453 g/mol. The van der Waals surface area contributed by atoms with Crippen LogP contribution < -0.4 is 5.32 Å². The third-order valence-electron chi connectivity index (χ3n) is 7.85. The van der Waals surface area contributed by atoms with Crippen LogP contribution in [0.4, 0.5) is 4.39 Å². The molecule has 0 saturated carbocycles. The molecule has 184 valence electrons. The van der Waals surface area contributed by atoms with Crippen LogP contribution in [-0.2, 0) is 22.5 Å². The molecule has 0 spiro atoms. The zero-order valence-electron chi connectivity index (χ0n) is 20.3. The Kier molecular flexibility index (Phi) is 6.07. The lowest BCUT2D eigenvalue weighted by atomic mass is 9.79. The standard InChI is InChI=1S/C30H30FN3O2/c1-36-30(35)28-17-23-21-11-6-8-14-25(21)33-29(23)27-16-20(32-18-19-9-3-2-4-10-19)15-26(34(27)28)22-12-5-7-13-24(22)31/h2-14,20,26-28,32-33H,15-18H2,1H3/t20-,26+,27-,28+/m1/s1. The molecule has 0 radical (unpaired) electrons. The van der Waals surface area contributed by atoms with Crippen molar-refractivity contribution in [3.05, 3.63) is 107 Å². The number of ether oxygens (including phenoxy) is 1. The number of halogens is 1. The van der Waals surface area contributed by atoms with Gasteiger partial charge in [0.1, 0.15) is 11.9 Å². The number of aromatic amines is 1. The number of rotatable bonds is 5. The molecule has 4 atom stereocenters. The van der Waals surface area contributed by atoms with Gasteiger partial charge >= 0.3 is 5.97 Å². The predicted molar refractivity (Wildman–Crippen MR) is 138 cm³/mol. The lowest BCUT2D eigenvalue weighted by molar-refractivity contribution is -0.152. The van der Waals surface area contributed by atoms with Crippen molar-refractivity contribution < 1.29 is 13.9 Å². The fraction of sp³-hybridized carbons (Fsp3) is 0.300. The van der Waals surface area contributed by atoms with Crippen molar-refractivity contribution in [2.75, 3.05) is 7.11 Å². The van der Waals surface area contributed by atoms with Crippen molar-refractivity contribution in [1.82, 2.24) is 15.2 Å². The first-order valence-electron chi connectivity index (χ1n) is 12.6. The van der Waals surface area contributed by atoms with E-state index in [1.807, 2.05) is 42.5 Å². The highest BCUT2D eigenvalue weighted by molar-refractivity contribution is 5.87. The Labute approximate surface area is 210 Å². The summed E-state index contributed by atoms with van der Waals surface area (Å²) in [6, 6.07) is 24.8. The summed E-state index contributed by atoms with van der Waals surface area (Å²) in [5.41, 5.74) is 5.20. The van der Waals surface area contributed by atoms with Crippen LogP contribution in [0.2, 0.25) is 0 Å². The van der Waals surface area contributed by atoms with Crippen molar-refractivity contribution in [2.45, 2.75) is 50.0 Å². The molecule has 2 N–H and O–H groups in total. The van der Waals surface area contributed by atoms with E-state index in [0.29, 0.717) is 18.4 Å². The number of carbonyl (C=O) groups is 1. The minimum absolute atomic E-state index is 0.0723. The largest absolute Gasteiger partial charge is 0.468 e. The molecule has 36 heavy (non-hydrogen) atoms. The third kappa shape index (κ3) is 4.00. The Morgan fingerprint density at radius 3 is 2.53 bits per heavy atom. The van der Waals surface area contributed by atoms with Crippen molar-refractivity contribution in [2.24, 2.45) is 0 Å². The van der Waals surface area contributed by atoms with Crippen molar-refractivity contribution in [1.29, 1.82) is 0 Å². The fourth-order valence-corrected chi connectivity index (χ4v) is 6.22. The number of nitrogens with one attached hydrogen (secondary N) is 2. The SMILES string of the molecule is COC(=O)[C@@H]1Cc2c([nH]c3ccccc23)[C@H]2C[C@H](NCc3ccccc3)C[C@@H](c3ccccc3F)N21. The van der Waals surface area contributed by atoms with E-state index in [9.17, 15) is 4.79 Å². The molecule has 0 bridgehead atoms. The monoisotopic (exact) mass is 483 g/mol.